The van der Waals surface area contributed by atoms with Crippen molar-refractivity contribution in [1.82, 2.24) is 4.90 Å². The van der Waals surface area contributed by atoms with E-state index in [-0.39, 0.29) is 5.91 Å². The summed E-state index contributed by atoms with van der Waals surface area (Å²) >= 11 is 1.74. The zero-order chi connectivity index (χ0) is 9.84. The lowest BCUT2D eigenvalue weighted by molar-refractivity contribution is -0.123. The first kappa shape index (κ1) is 10.6. The van der Waals surface area contributed by atoms with E-state index in [0.29, 0.717) is 5.37 Å². The summed E-state index contributed by atoms with van der Waals surface area (Å²) in [7, 11) is 1.87. The van der Waals surface area contributed by atoms with Crippen molar-refractivity contribution in [2.45, 2.75) is 31.6 Å². The van der Waals surface area contributed by atoms with Crippen molar-refractivity contribution in [3.63, 3.8) is 0 Å². The van der Waals surface area contributed by atoms with Crippen molar-refractivity contribution >= 4 is 17.7 Å². The fourth-order valence-electron chi connectivity index (χ4n) is 1.58. The van der Waals surface area contributed by atoms with Gasteiger partial charge >= 0.3 is 0 Å². The lowest BCUT2D eigenvalue weighted by Crippen LogP contribution is -2.28. The highest BCUT2D eigenvalue weighted by Crippen LogP contribution is 2.29. The van der Waals surface area contributed by atoms with Gasteiger partial charge in [0.05, 0.1) is 5.37 Å². The molecule has 1 rings (SSSR count). The molecule has 0 aromatic carbocycles. The number of rotatable bonds is 4. The van der Waals surface area contributed by atoms with Crippen LogP contribution in [0.2, 0.25) is 0 Å². The Hall–Kier alpha value is -0.440. The molecule has 0 fully saturated rings. The Labute approximate surface area is 84.4 Å². The molecule has 0 aliphatic carbocycles. The van der Waals surface area contributed by atoms with Crippen LogP contribution < -0.4 is 0 Å². The first-order valence-electron chi connectivity index (χ1n) is 4.70. The molecule has 13 heavy (non-hydrogen) atoms. The predicted octanol–water partition coefficient (Wildman–Crippen LogP) is 2.26. The van der Waals surface area contributed by atoms with Gasteiger partial charge < -0.3 is 4.90 Å². The molecule has 1 heterocycles. The van der Waals surface area contributed by atoms with Gasteiger partial charge in [-0.15, -0.1) is 11.8 Å². The third-order valence-corrected chi connectivity index (χ3v) is 3.43. The first-order valence-corrected chi connectivity index (χ1v) is 5.99. The maximum Gasteiger partial charge on any atom is 0.247 e. The standard InChI is InChI=1S/C10H17NOS/c1-4-5-6-8-7-9(12)11(2)10(8)13-3/h7,10H,4-6H2,1-3H3. The zero-order valence-corrected chi connectivity index (χ0v) is 9.36. The molecule has 0 radical (unpaired) electrons. The van der Waals surface area contributed by atoms with Gasteiger partial charge in [-0.2, -0.15) is 0 Å². The van der Waals surface area contributed by atoms with Crippen molar-refractivity contribution in [2.24, 2.45) is 0 Å². The summed E-state index contributed by atoms with van der Waals surface area (Å²) < 4.78 is 0. The molecule has 1 atom stereocenters. The van der Waals surface area contributed by atoms with Crippen LogP contribution in [0.3, 0.4) is 0 Å². The first-order chi connectivity index (χ1) is 6.20. The van der Waals surface area contributed by atoms with Gasteiger partial charge in [0, 0.05) is 13.1 Å². The molecule has 0 saturated carbocycles. The summed E-state index contributed by atoms with van der Waals surface area (Å²) in [4.78, 5) is 13.2. The van der Waals surface area contributed by atoms with E-state index in [2.05, 4.69) is 13.2 Å². The Bertz CT molecular complexity index is 225. The molecule has 2 nitrogen and oxygen atoms in total. The quantitative estimate of drug-likeness (QED) is 0.692. The highest BCUT2D eigenvalue weighted by Gasteiger charge is 2.27. The normalized spacial score (nSPS) is 22.4. The number of amides is 1. The van der Waals surface area contributed by atoms with Crippen LogP contribution in [0.5, 0.6) is 0 Å². The Balaban J connectivity index is 2.61. The molecular weight excluding hydrogens is 182 g/mol. The number of unbranched alkanes of at least 4 members (excludes halogenated alkanes) is 1. The Morgan fingerprint density at radius 2 is 2.31 bits per heavy atom. The van der Waals surface area contributed by atoms with Gasteiger partial charge in [0.2, 0.25) is 5.91 Å². The largest absolute Gasteiger partial charge is 0.326 e. The minimum absolute atomic E-state index is 0.158. The molecular formula is C10H17NOS. The third-order valence-electron chi connectivity index (χ3n) is 2.37. The van der Waals surface area contributed by atoms with Gasteiger partial charge in [-0.1, -0.05) is 13.3 Å². The average Bonchev–Trinajstić information content (AvgIpc) is 2.39. The highest BCUT2D eigenvalue weighted by molar-refractivity contribution is 7.99. The summed E-state index contributed by atoms with van der Waals surface area (Å²) in [6.45, 7) is 2.18. The molecule has 1 unspecified atom stereocenters. The molecule has 0 aromatic heterocycles. The number of hydrogen-bond acceptors (Lipinski definition) is 2. The molecule has 0 aromatic rings. The number of hydrogen-bond donors (Lipinski definition) is 0. The topological polar surface area (TPSA) is 20.3 Å². The Morgan fingerprint density at radius 3 is 2.85 bits per heavy atom. The van der Waals surface area contributed by atoms with E-state index >= 15 is 0 Å². The maximum atomic E-state index is 11.4. The van der Waals surface area contributed by atoms with Crippen LogP contribution in [0.15, 0.2) is 11.6 Å². The van der Waals surface area contributed by atoms with E-state index in [1.54, 1.807) is 17.8 Å². The predicted molar refractivity (Wildman–Crippen MR) is 57.7 cm³/mol. The van der Waals surface area contributed by atoms with Gasteiger partial charge in [-0.05, 0) is 24.7 Å². The second-order valence-electron chi connectivity index (χ2n) is 3.36. The smallest absolute Gasteiger partial charge is 0.247 e. The third kappa shape index (κ3) is 2.27. The SMILES string of the molecule is CCCCC1=CC(=O)N(C)C1SC. The van der Waals surface area contributed by atoms with Gasteiger partial charge in [0.25, 0.3) is 0 Å². The van der Waals surface area contributed by atoms with Crippen LogP contribution in [-0.4, -0.2) is 29.5 Å². The lowest BCUT2D eigenvalue weighted by Gasteiger charge is -2.20. The van der Waals surface area contributed by atoms with Crippen molar-refractivity contribution < 1.29 is 4.79 Å². The van der Waals surface area contributed by atoms with E-state index in [4.69, 9.17) is 0 Å². The van der Waals surface area contributed by atoms with Crippen molar-refractivity contribution in [2.75, 3.05) is 13.3 Å². The summed E-state index contributed by atoms with van der Waals surface area (Å²) in [6, 6.07) is 0. The Morgan fingerprint density at radius 1 is 1.62 bits per heavy atom. The van der Waals surface area contributed by atoms with Crippen molar-refractivity contribution in [3.8, 4) is 0 Å². The Kier molecular flexibility index (Phi) is 3.85. The molecule has 1 aliphatic heterocycles. The number of carbonyl (C=O) groups is 1. The summed E-state index contributed by atoms with van der Waals surface area (Å²) in [5, 5.41) is 0.291. The maximum absolute atomic E-state index is 11.4. The second kappa shape index (κ2) is 4.70. The highest BCUT2D eigenvalue weighted by atomic mass is 32.2. The minimum atomic E-state index is 0.158. The second-order valence-corrected chi connectivity index (χ2v) is 4.28. The molecule has 0 N–H and O–H groups in total. The monoisotopic (exact) mass is 199 g/mol. The molecule has 3 heteroatoms. The van der Waals surface area contributed by atoms with Gasteiger partial charge in [-0.25, -0.2) is 0 Å². The van der Waals surface area contributed by atoms with Gasteiger partial charge in [-0.3, -0.25) is 4.79 Å². The van der Waals surface area contributed by atoms with Crippen molar-refractivity contribution in [1.29, 1.82) is 0 Å². The number of carbonyl (C=O) groups excluding carboxylic acids is 1. The van der Waals surface area contributed by atoms with Crippen LogP contribution in [0, 0.1) is 0 Å². The number of likely N-dealkylation sites (N-methyl/N-ethyl adjacent to an activating group) is 1. The molecule has 0 bridgehead atoms. The van der Waals surface area contributed by atoms with E-state index < -0.39 is 0 Å². The zero-order valence-electron chi connectivity index (χ0n) is 8.54. The van der Waals surface area contributed by atoms with Crippen molar-refractivity contribution in [3.05, 3.63) is 11.6 Å². The molecule has 0 saturated heterocycles. The van der Waals surface area contributed by atoms with E-state index in [0.717, 1.165) is 6.42 Å². The van der Waals surface area contributed by atoms with Crippen LogP contribution in [-0.2, 0) is 4.79 Å². The number of nitrogens with zero attached hydrogens (tertiary/aromatic N) is 1. The summed E-state index contributed by atoms with van der Waals surface area (Å²) in [5.41, 5.74) is 1.29. The molecule has 74 valence electrons. The van der Waals surface area contributed by atoms with E-state index in [1.165, 1.54) is 18.4 Å². The minimum Gasteiger partial charge on any atom is -0.326 e. The molecule has 1 amide bonds. The fraction of sp³-hybridized carbons (Fsp3) is 0.700. The molecule has 1 aliphatic rings. The van der Waals surface area contributed by atoms with Crippen LogP contribution in [0.1, 0.15) is 26.2 Å². The molecule has 0 spiro atoms. The van der Waals surface area contributed by atoms with E-state index in [9.17, 15) is 4.79 Å². The number of thioether (sulfide) groups is 1. The van der Waals surface area contributed by atoms with Crippen LogP contribution in [0.25, 0.3) is 0 Å². The van der Waals surface area contributed by atoms with Gasteiger partial charge in [0.1, 0.15) is 0 Å². The summed E-state index contributed by atoms with van der Waals surface area (Å²) in [5.74, 6) is 0.158. The average molecular weight is 199 g/mol. The summed E-state index contributed by atoms with van der Waals surface area (Å²) in [6.07, 6.45) is 7.30. The van der Waals surface area contributed by atoms with E-state index in [1.807, 2.05) is 11.9 Å². The van der Waals surface area contributed by atoms with Gasteiger partial charge in [0.15, 0.2) is 0 Å². The lowest BCUT2D eigenvalue weighted by atomic mass is 10.1. The fourth-order valence-corrected chi connectivity index (χ4v) is 2.49. The van der Waals surface area contributed by atoms with Crippen LogP contribution >= 0.6 is 11.8 Å². The van der Waals surface area contributed by atoms with Crippen LogP contribution in [0.4, 0.5) is 0 Å².